The van der Waals surface area contributed by atoms with Crippen LogP contribution in [-0.2, 0) is 11.3 Å². The van der Waals surface area contributed by atoms with Crippen LogP contribution in [0.2, 0.25) is 0 Å². The lowest BCUT2D eigenvalue weighted by Gasteiger charge is -2.29. The Labute approximate surface area is 179 Å². The molecule has 0 radical (unpaired) electrons. The molecule has 0 saturated carbocycles. The zero-order valence-corrected chi connectivity index (χ0v) is 17.3. The Kier molecular flexibility index (Phi) is 5.62. The number of aryl methyl sites for hydroxylation is 1. The third-order valence-electron chi connectivity index (χ3n) is 5.42. The third kappa shape index (κ3) is 4.10. The summed E-state index contributed by atoms with van der Waals surface area (Å²) < 4.78 is 14.7. The molecule has 6 heteroatoms. The summed E-state index contributed by atoms with van der Waals surface area (Å²) in [5.41, 5.74) is 2.04. The molecule has 0 aliphatic rings. The van der Waals surface area contributed by atoms with E-state index in [2.05, 4.69) is 5.10 Å². The predicted octanol–water partition coefficient (Wildman–Crippen LogP) is 4.09. The monoisotopic (exact) mass is 415 g/mol. The van der Waals surface area contributed by atoms with E-state index in [1.165, 1.54) is 16.8 Å². The summed E-state index contributed by atoms with van der Waals surface area (Å²) in [6.07, 6.45) is 0. The minimum absolute atomic E-state index is 0.189. The average molecular weight is 415 g/mol. The van der Waals surface area contributed by atoms with Gasteiger partial charge in [-0.05, 0) is 36.2 Å². The van der Waals surface area contributed by atoms with Crippen molar-refractivity contribution in [1.29, 1.82) is 0 Å². The van der Waals surface area contributed by atoms with Crippen molar-refractivity contribution in [3.8, 4) is 0 Å². The quantitative estimate of drug-likeness (QED) is 0.493. The zero-order valence-electron chi connectivity index (χ0n) is 17.3. The Morgan fingerprint density at radius 2 is 1.52 bits per heavy atom. The number of benzene rings is 3. The molecule has 31 heavy (non-hydrogen) atoms. The van der Waals surface area contributed by atoms with Crippen molar-refractivity contribution in [2.75, 3.05) is 7.05 Å². The highest BCUT2D eigenvalue weighted by Crippen LogP contribution is 2.28. The van der Waals surface area contributed by atoms with Crippen molar-refractivity contribution in [2.45, 2.75) is 19.5 Å². The van der Waals surface area contributed by atoms with Gasteiger partial charge in [0.05, 0.1) is 17.1 Å². The van der Waals surface area contributed by atoms with E-state index in [0.29, 0.717) is 11.1 Å². The van der Waals surface area contributed by atoms with Gasteiger partial charge in [-0.1, -0.05) is 60.7 Å². The summed E-state index contributed by atoms with van der Waals surface area (Å²) in [4.78, 5) is 27.7. The zero-order chi connectivity index (χ0) is 22.0. The van der Waals surface area contributed by atoms with E-state index in [9.17, 15) is 14.0 Å². The first-order chi connectivity index (χ1) is 15.0. The molecule has 0 aliphatic carbocycles. The van der Waals surface area contributed by atoms with Gasteiger partial charge < -0.3 is 4.90 Å². The van der Waals surface area contributed by atoms with Crippen LogP contribution in [0.5, 0.6) is 0 Å². The molecule has 1 heterocycles. The lowest BCUT2D eigenvalue weighted by Crippen LogP contribution is -2.38. The van der Waals surface area contributed by atoms with Gasteiger partial charge in [0.15, 0.2) is 0 Å². The highest BCUT2D eigenvalue weighted by molar-refractivity contribution is 5.83. The fourth-order valence-electron chi connectivity index (χ4n) is 3.82. The fourth-order valence-corrected chi connectivity index (χ4v) is 3.82. The van der Waals surface area contributed by atoms with E-state index >= 15 is 0 Å². The van der Waals surface area contributed by atoms with E-state index in [-0.39, 0.29) is 23.8 Å². The Morgan fingerprint density at radius 1 is 0.935 bits per heavy atom. The number of carbonyl (C=O) groups excluding carboxylic acids is 1. The molecule has 0 spiro atoms. The second kappa shape index (κ2) is 8.52. The van der Waals surface area contributed by atoms with E-state index in [0.717, 1.165) is 16.5 Å². The molecule has 3 aromatic carbocycles. The molecule has 0 saturated heterocycles. The number of likely N-dealkylation sites (N-methyl/N-ethyl adjacent to an activating group) is 1. The molecule has 0 fully saturated rings. The second-order valence-corrected chi connectivity index (χ2v) is 7.46. The first kappa shape index (κ1) is 20.5. The Bertz CT molecular complexity index is 1280. The van der Waals surface area contributed by atoms with Crippen LogP contribution in [0.3, 0.4) is 0 Å². The minimum atomic E-state index is -0.424. The summed E-state index contributed by atoms with van der Waals surface area (Å²) in [6.45, 7) is 1.63. The molecule has 1 amide bonds. The van der Waals surface area contributed by atoms with Crippen molar-refractivity contribution in [3.05, 3.63) is 112 Å². The van der Waals surface area contributed by atoms with Gasteiger partial charge >= 0.3 is 0 Å². The number of amides is 1. The van der Waals surface area contributed by atoms with Crippen molar-refractivity contribution in [3.63, 3.8) is 0 Å². The highest BCUT2D eigenvalue weighted by atomic mass is 19.1. The Morgan fingerprint density at radius 3 is 2.19 bits per heavy atom. The van der Waals surface area contributed by atoms with Crippen LogP contribution in [-0.4, -0.2) is 27.6 Å². The lowest BCUT2D eigenvalue weighted by molar-refractivity contribution is -0.132. The summed E-state index contributed by atoms with van der Waals surface area (Å²) in [7, 11) is 1.68. The molecular weight excluding hydrogens is 393 g/mol. The largest absolute Gasteiger partial charge is 0.333 e. The maximum Gasteiger partial charge on any atom is 0.275 e. The van der Waals surface area contributed by atoms with Crippen molar-refractivity contribution < 1.29 is 9.18 Å². The van der Waals surface area contributed by atoms with Gasteiger partial charge in [0.2, 0.25) is 5.91 Å². The standard InChI is InChI=1S/C25H22FN3O2/c1-17-21-10-6-7-11-22(21)25(31)29(27-17)16-23(30)28(2)24(18-8-4-3-5-9-18)19-12-14-20(26)15-13-19/h3-15,24H,16H2,1-2H3/t24-/m1/s1. The van der Waals surface area contributed by atoms with Crippen molar-refractivity contribution in [2.24, 2.45) is 0 Å². The number of aromatic nitrogens is 2. The van der Waals surface area contributed by atoms with Crippen LogP contribution in [0.4, 0.5) is 4.39 Å². The molecule has 1 atom stereocenters. The summed E-state index contributed by atoms with van der Waals surface area (Å²) >= 11 is 0. The molecule has 4 aromatic rings. The molecule has 0 bridgehead atoms. The number of fused-ring (bicyclic) bond motifs is 1. The van der Waals surface area contributed by atoms with Crippen LogP contribution in [0.25, 0.3) is 10.8 Å². The van der Waals surface area contributed by atoms with Gasteiger partial charge in [0.1, 0.15) is 12.4 Å². The van der Waals surface area contributed by atoms with Gasteiger partial charge in [-0.2, -0.15) is 5.10 Å². The maximum absolute atomic E-state index is 13.5. The SMILES string of the molecule is Cc1nn(CC(=O)N(C)[C@H](c2ccccc2)c2ccc(F)cc2)c(=O)c2ccccc12. The van der Waals surface area contributed by atoms with Gasteiger partial charge in [0, 0.05) is 12.4 Å². The summed E-state index contributed by atoms with van der Waals surface area (Å²) in [5, 5.41) is 5.65. The van der Waals surface area contributed by atoms with Gasteiger partial charge in [-0.15, -0.1) is 0 Å². The smallest absolute Gasteiger partial charge is 0.275 e. The molecule has 0 unspecified atom stereocenters. The molecule has 156 valence electrons. The van der Waals surface area contributed by atoms with Crippen LogP contribution in [0.1, 0.15) is 22.9 Å². The van der Waals surface area contributed by atoms with Gasteiger partial charge in [-0.3, -0.25) is 9.59 Å². The van der Waals surface area contributed by atoms with Crippen LogP contribution in [0, 0.1) is 12.7 Å². The number of halogens is 1. The van der Waals surface area contributed by atoms with Crippen LogP contribution < -0.4 is 5.56 Å². The van der Waals surface area contributed by atoms with E-state index < -0.39 is 6.04 Å². The number of carbonyl (C=O) groups is 1. The average Bonchev–Trinajstić information content (AvgIpc) is 2.79. The van der Waals surface area contributed by atoms with E-state index in [4.69, 9.17) is 0 Å². The normalized spacial score (nSPS) is 12.0. The predicted molar refractivity (Wildman–Crippen MR) is 118 cm³/mol. The molecule has 4 rings (SSSR count). The Balaban J connectivity index is 1.70. The van der Waals surface area contributed by atoms with Crippen LogP contribution in [0.15, 0.2) is 83.7 Å². The molecule has 0 N–H and O–H groups in total. The van der Waals surface area contributed by atoms with Gasteiger partial charge in [-0.25, -0.2) is 9.07 Å². The van der Waals surface area contributed by atoms with E-state index in [1.807, 2.05) is 49.4 Å². The Hall–Kier alpha value is -3.80. The van der Waals surface area contributed by atoms with Crippen molar-refractivity contribution >= 4 is 16.7 Å². The topological polar surface area (TPSA) is 55.2 Å². The number of rotatable bonds is 5. The number of hydrogen-bond acceptors (Lipinski definition) is 3. The first-order valence-corrected chi connectivity index (χ1v) is 9.98. The van der Waals surface area contributed by atoms with Crippen LogP contribution >= 0.6 is 0 Å². The number of nitrogens with zero attached hydrogens (tertiary/aromatic N) is 3. The molecule has 0 aliphatic heterocycles. The minimum Gasteiger partial charge on any atom is -0.333 e. The second-order valence-electron chi connectivity index (χ2n) is 7.46. The van der Waals surface area contributed by atoms with Crippen molar-refractivity contribution in [1.82, 2.24) is 14.7 Å². The molecule has 1 aromatic heterocycles. The number of hydrogen-bond donors (Lipinski definition) is 0. The van der Waals surface area contributed by atoms with Gasteiger partial charge in [0.25, 0.3) is 5.56 Å². The fraction of sp³-hybridized carbons (Fsp3) is 0.160. The molecule has 5 nitrogen and oxygen atoms in total. The summed E-state index contributed by atoms with van der Waals surface area (Å²) in [6, 6.07) is 22.4. The lowest BCUT2D eigenvalue weighted by atomic mass is 9.97. The molecular formula is C25H22FN3O2. The highest BCUT2D eigenvalue weighted by Gasteiger charge is 2.24. The first-order valence-electron chi connectivity index (χ1n) is 9.98. The summed E-state index contributed by atoms with van der Waals surface area (Å²) in [5.74, 6) is -0.616. The van der Waals surface area contributed by atoms with E-state index in [1.54, 1.807) is 36.2 Å². The third-order valence-corrected chi connectivity index (χ3v) is 5.42. The maximum atomic E-state index is 13.5.